The van der Waals surface area contributed by atoms with E-state index in [4.69, 9.17) is 0 Å². The molecule has 0 saturated carbocycles. The van der Waals surface area contributed by atoms with Crippen molar-refractivity contribution in [3.63, 3.8) is 0 Å². The van der Waals surface area contributed by atoms with E-state index in [0.717, 1.165) is 26.7 Å². The SMILES string of the molecule is Cc1ncc(C(O)Cc2nc3ccccc3n2C)s1. The number of aryl methyl sites for hydroxylation is 2. The van der Waals surface area contributed by atoms with Crippen LogP contribution in [0.5, 0.6) is 0 Å². The maximum atomic E-state index is 10.3. The summed E-state index contributed by atoms with van der Waals surface area (Å²) in [4.78, 5) is 9.64. The van der Waals surface area contributed by atoms with E-state index >= 15 is 0 Å². The van der Waals surface area contributed by atoms with Gasteiger partial charge >= 0.3 is 0 Å². The van der Waals surface area contributed by atoms with Gasteiger partial charge in [0.25, 0.3) is 0 Å². The lowest BCUT2D eigenvalue weighted by Crippen LogP contribution is -2.05. The molecule has 1 N–H and O–H groups in total. The summed E-state index contributed by atoms with van der Waals surface area (Å²) < 4.78 is 2.03. The zero-order valence-corrected chi connectivity index (χ0v) is 11.7. The zero-order valence-electron chi connectivity index (χ0n) is 10.9. The molecule has 0 saturated heterocycles. The number of nitrogens with zero attached hydrogens (tertiary/aromatic N) is 3. The summed E-state index contributed by atoms with van der Waals surface area (Å²) in [5.74, 6) is 0.889. The third kappa shape index (κ3) is 2.27. The highest BCUT2D eigenvalue weighted by Crippen LogP contribution is 2.24. The van der Waals surface area contributed by atoms with E-state index in [1.165, 1.54) is 11.3 Å². The molecule has 0 spiro atoms. The van der Waals surface area contributed by atoms with Crippen LogP contribution in [-0.2, 0) is 13.5 Å². The lowest BCUT2D eigenvalue weighted by Gasteiger charge is -2.07. The molecule has 2 heterocycles. The van der Waals surface area contributed by atoms with E-state index in [2.05, 4.69) is 9.97 Å². The van der Waals surface area contributed by atoms with Gasteiger partial charge in [0.05, 0.1) is 27.0 Å². The van der Waals surface area contributed by atoms with E-state index in [9.17, 15) is 5.11 Å². The number of fused-ring (bicyclic) bond motifs is 1. The van der Waals surface area contributed by atoms with Crippen molar-refractivity contribution in [2.45, 2.75) is 19.4 Å². The molecule has 0 aliphatic carbocycles. The second-order valence-corrected chi connectivity index (χ2v) is 5.84. The minimum absolute atomic E-state index is 0.507. The molecule has 0 aliphatic rings. The van der Waals surface area contributed by atoms with Crippen LogP contribution in [0.4, 0.5) is 0 Å². The first-order valence-electron chi connectivity index (χ1n) is 6.16. The van der Waals surface area contributed by atoms with E-state index in [1.54, 1.807) is 6.20 Å². The molecule has 5 heteroatoms. The normalized spacial score (nSPS) is 13.0. The highest BCUT2D eigenvalue weighted by atomic mass is 32.1. The Kier molecular flexibility index (Phi) is 3.08. The molecule has 0 aliphatic heterocycles. The molecular weight excluding hydrogens is 258 g/mol. The van der Waals surface area contributed by atoms with Crippen molar-refractivity contribution < 1.29 is 5.11 Å². The number of para-hydroxylation sites is 2. The number of aromatic nitrogens is 3. The molecule has 4 nitrogen and oxygen atoms in total. The smallest absolute Gasteiger partial charge is 0.112 e. The monoisotopic (exact) mass is 273 g/mol. The highest BCUT2D eigenvalue weighted by molar-refractivity contribution is 7.11. The molecule has 0 radical (unpaired) electrons. The molecule has 1 aromatic carbocycles. The molecular formula is C14H15N3OS. The van der Waals surface area contributed by atoms with Crippen molar-refractivity contribution in [2.75, 3.05) is 0 Å². The van der Waals surface area contributed by atoms with Crippen molar-refractivity contribution in [3.05, 3.63) is 46.2 Å². The van der Waals surface area contributed by atoms with E-state index in [1.807, 2.05) is 42.8 Å². The number of rotatable bonds is 3. The van der Waals surface area contributed by atoms with Gasteiger partial charge in [-0.3, -0.25) is 0 Å². The Morgan fingerprint density at radius 3 is 2.84 bits per heavy atom. The van der Waals surface area contributed by atoms with Crippen LogP contribution in [0.2, 0.25) is 0 Å². The van der Waals surface area contributed by atoms with Crippen LogP contribution in [-0.4, -0.2) is 19.6 Å². The molecule has 1 atom stereocenters. The molecule has 0 fully saturated rings. The molecule has 3 aromatic rings. The van der Waals surface area contributed by atoms with Crippen molar-refractivity contribution in [3.8, 4) is 0 Å². The van der Waals surface area contributed by atoms with Crippen LogP contribution < -0.4 is 0 Å². The Hall–Kier alpha value is -1.72. The second-order valence-electron chi connectivity index (χ2n) is 4.58. The van der Waals surface area contributed by atoms with Gasteiger partial charge in [-0.05, 0) is 19.1 Å². The van der Waals surface area contributed by atoms with Gasteiger partial charge in [-0.25, -0.2) is 9.97 Å². The fourth-order valence-corrected chi connectivity index (χ4v) is 2.95. The largest absolute Gasteiger partial charge is 0.387 e. The Bertz CT molecular complexity index is 716. The van der Waals surface area contributed by atoms with Crippen LogP contribution in [0.25, 0.3) is 11.0 Å². The first kappa shape index (κ1) is 12.3. The molecule has 3 rings (SSSR count). The summed E-state index contributed by atoms with van der Waals surface area (Å²) in [5, 5.41) is 11.2. The predicted molar refractivity (Wildman–Crippen MR) is 76.2 cm³/mol. The first-order valence-corrected chi connectivity index (χ1v) is 6.97. The molecule has 0 amide bonds. The number of hydrogen-bond donors (Lipinski definition) is 1. The third-order valence-electron chi connectivity index (χ3n) is 3.22. The molecule has 1 unspecified atom stereocenters. The first-order chi connectivity index (χ1) is 9.15. The summed E-state index contributed by atoms with van der Waals surface area (Å²) >= 11 is 1.53. The van der Waals surface area contributed by atoms with Crippen LogP contribution in [0.15, 0.2) is 30.5 Å². The van der Waals surface area contributed by atoms with E-state index < -0.39 is 6.10 Å². The average molecular weight is 273 g/mol. The zero-order chi connectivity index (χ0) is 13.4. The Morgan fingerprint density at radius 2 is 2.16 bits per heavy atom. The average Bonchev–Trinajstić information content (AvgIpc) is 2.96. The second kappa shape index (κ2) is 4.75. The van der Waals surface area contributed by atoms with Gasteiger partial charge in [0.15, 0.2) is 0 Å². The highest BCUT2D eigenvalue weighted by Gasteiger charge is 2.15. The number of hydrogen-bond acceptors (Lipinski definition) is 4. The van der Waals surface area contributed by atoms with Gasteiger partial charge in [0.2, 0.25) is 0 Å². The number of imidazole rings is 1. The summed E-state index contributed by atoms with van der Waals surface area (Å²) in [5.41, 5.74) is 2.05. The Balaban J connectivity index is 1.91. The minimum atomic E-state index is -0.540. The fourth-order valence-electron chi connectivity index (χ4n) is 2.18. The van der Waals surface area contributed by atoms with Gasteiger partial charge in [-0.1, -0.05) is 12.1 Å². The van der Waals surface area contributed by atoms with Crippen LogP contribution in [0, 0.1) is 6.92 Å². The van der Waals surface area contributed by atoms with Gasteiger partial charge in [0, 0.05) is 19.7 Å². The minimum Gasteiger partial charge on any atom is -0.387 e. The van der Waals surface area contributed by atoms with Crippen molar-refractivity contribution in [1.82, 2.24) is 14.5 Å². The predicted octanol–water partition coefficient (Wildman–Crippen LogP) is 2.61. The topological polar surface area (TPSA) is 50.9 Å². The maximum absolute atomic E-state index is 10.3. The maximum Gasteiger partial charge on any atom is 0.112 e. The van der Waals surface area contributed by atoms with Gasteiger partial charge in [0.1, 0.15) is 5.82 Å². The molecule has 19 heavy (non-hydrogen) atoms. The Morgan fingerprint density at radius 1 is 1.37 bits per heavy atom. The number of aliphatic hydroxyl groups excluding tert-OH is 1. The summed E-state index contributed by atoms with van der Waals surface area (Å²) in [7, 11) is 1.98. The number of thiazole rings is 1. The lowest BCUT2D eigenvalue weighted by molar-refractivity contribution is 0.178. The number of aliphatic hydroxyl groups is 1. The van der Waals surface area contributed by atoms with Crippen molar-refractivity contribution in [1.29, 1.82) is 0 Å². The van der Waals surface area contributed by atoms with Crippen LogP contribution in [0.1, 0.15) is 21.8 Å². The standard InChI is InChI=1S/C14H15N3OS/c1-9-15-8-13(19-9)12(18)7-14-16-10-5-3-4-6-11(10)17(14)2/h3-6,8,12,18H,7H2,1-2H3. The third-order valence-corrected chi connectivity index (χ3v) is 4.24. The van der Waals surface area contributed by atoms with Gasteiger partial charge < -0.3 is 9.67 Å². The van der Waals surface area contributed by atoms with Gasteiger partial charge in [-0.15, -0.1) is 11.3 Å². The summed E-state index contributed by atoms with van der Waals surface area (Å²) in [6, 6.07) is 8.00. The molecule has 2 aromatic heterocycles. The van der Waals surface area contributed by atoms with Crippen molar-refractivity contribution in [2.24, 2.45) is 7.05 Å². The molecule has 98 valence electrons. The lowest BCUT2D eigenvalue weighted by atomic mass is 10.2. The van der Waals surface area contributed by atoms with E-state index in [-0.39, 0.29) is 0 Å². The quantitative estimate of drug-likeness (QED) is 0.798. The Labute approximate surface area is 115 Å². The summed E-state index contributed by atoms with van der Waals surface area (Å²) in [6.45, 7) is 1.94. The van der Waals surface area contributed by atoms with Crippen LogP contribution in [0.3, 0.4) is 0 Å². The van der Waals surface area contributed by atoms with Crippen molar-refractivity contribution >= 4 is 22.4 Å². The number of benzene rings is 1. The van der Waals surface area contributed by atoms with Gasteiger partial charge in [-0.2, -0.15) is 0 Å². The summed E-state index contributed by atoms with van der Waals surface area (Å²) in [6.07, 6.45) is 1.71. The van der Waals surface area contributed by atoms with Crippen LogP contribution >= 0.6 is 11.3 Å². The van der Waals surface area contributed by atoms with E-state index in [0.29, 0.717) is 6.42 Å². The fraction of sp³-hybridized carbons (Fsp3) is 0.286. The molecule has 0 bridgehead atoms.